The van der Waals surface area contributed by atoms with E-state index in [0.717, 1.165) is 0 Å². The fraction of sp³-hybridized carbons (Fsp3) is 0.500. The summed E-state index contributed by atoms with van der Waals surface area (Å²) in [5.41, 5.74) is 5.68. The molecule has 1 heterocycles. The van der Waals surface area contributed by atoms with Gasteiger partial charge in [0.15, 0.2) is 0 Å². The molecule has 50 valence electrons. The lowest BCUT2D eigenvalue weighted by Crippen LogP contribution is -2.40. The van der Waals surface area contributed by atoms with Gasteiger partial charge in [0.25, 0.3) is 0 Å². The Hall–Kier alpha value is -0.630. The number of carbonyl (C=O) groups is 1. The van der Waals surface area contributed by atoms with Gasteiger partial charge in [0.2, 0.25) is 5.91 Å². The Morgan fingerprint density at radius 2 is 2.67 bits per heavy atom. The van der Waals surface area contributed by atoms with Crippen LogP contribution in [0.5, 0.6) is 0 Å². The topological polar surface area (TPSA) is 67.5 Å². The normalized spacial score (nSPS) is 25.0. The smallest absolute Gasteiger partial charge is 0.241 e. The van der Waals surface area contributed by atoms with E-state index in [2.05, 4.69) is 19.5 Å². The van der Waals surface area contributed by atoms with Gasteiger partial charge in [-0.25, -0.2) is 0 Å². The fourth-order valence-electron chi connectivity index (χ4n) is 0.621. The number of nitrogens with zero attached hydrogens (tertiary/aromatic N) is 1. The maximum atomic E-state index is 10.4. The Morgan fingerprint density at radius 3 is 2.89 bits per heavy atom. The minimum Gasteiger partial charge on any atom is -0.368 e. The molecule has 0 spiro atoms. The molecule has 1 amide bonds. The van der Waals surface area contributed by atoms with Crippen molar-refractivity contribution in [1.82, 2.24) is 5.32 Å². The van der Waals surface area contributed by atoms with Crippen LogP contribution in [-0.4, -0.2) is 24.1 Å². The monoisotopic (exact) mass is 145 g/mol. The van der Waals surface area contributed by atoms with Crippen molar-refractivity contribution in [1.29, 1.82) is 0 Å². The minimum atomic E-state index is -0.351. The highest BCUT2D eigenvalue weighted by Gasteiger charge is 2.18. The third-order valence-electron chi connectivity index (χ3n) is 1.11. The molecule has 5 heteroatoms. The molecule has 3 N–H and O–H groups in total. The van der Waals surface area contributed by atoms with Crippen LogP contribution in [0.15, 0.2) is 4.99 Å². The lowest BCUT2D eigenvalue weighted by atomic mass is 10.3. The van der Waals surface area contributed by atoms with Gasteiger partial charge in [-0.3, -0.25) is 9.79 Å². The summed E-state index contributed by atoms with van der Waals surface area (Å²) >= 11 is 0. The predicted octanol–water partition coefficient (Wildman–Crippen LogP) is -1.33. The summed E-state index contributed by atoms with van der Waals surface area (Å²) in [4.78, 5) is 14.3. The summed E-state index contributed by atoms with van der Waals surface area (Å²) in [6.07, 6.45) is 0. The zero-order chi connectivity index (χ0) is 6.85. The molecular weight excluding hydrogens is 137 g/mol. The van der Waals surface area contributed by atoms with Crippen molar-refractivity contribution in [2.75, 3.05) is 6.54 Å². The van der Waals surface area contributed by atoms with Crippen LogP contribution >= 0.6 is 9.24 Å². The molecule has 2 unspecified atom stereocenters. The molecule has 0 aliphatic carbocycles. The lowest BCUT2D eigenvalue weighted by Gasteiger charge is -2.03. The highest BCUT2D eigenvalue weighted by atomic mass is 31.0. The number of amidine groups is 1. The van der Waals surface area contributed by atoms with Gasteiger partial charge < -0.3 is 11.1 Å². The van der Waals surface area contributed by atoms with Crippen LogP contribution in [0, 0.1) is 0 Å². The van der Waals surface area contributed by atoms with Crippen molar-refractivity contribution in [3.63, 3.8) is 0 Å². The van der Waals surface area contributed by atoms with Crippen LogP contribution in [0.1, 0.15) is 0 Å². The quantitative estimate of drug-likeness (QED) is 0.449. The highest BCUT2D eigenvalue weighted by Crippen LogP contribution is 1.98. The van der Waals surface area contributed by atoms with Gasteiger partial charge in [0.05, 0.1) is 6.54 Å². The molecule has 4 nitrogen and oxygen atoms in total. The Balaban J connectivity index is 2.47. The van der Waals surface area contributed by atoms with Crippen molar-refractivity contribution in [2.24, 2.45) is 10.7 Å². The second-order valence-corrected chi connectivity index (χ2v) is 2.37. The zero-order valence-corrected chi connectivity index (χ0v) is 5.95. The van der Waals surface area contributed by atoms with E-state index in [1.54, 1.807) is 0 Å². The summed E-state index contributed by atoms with van der Waals surface area (Å²) in [5, 5.41) is 2.79. The molecule has 9 heavy (non-hydrogen) atoms. The SMILES string of the molecule is NC(=O)C1CN=C(P)N1. The molecular formula is C4H8N3OP. The molecule has 1 aliphatic heterocycles. The molecule has 0 aromatic heterocycles. The fourth-order valence-corrected chi connectivity index (χ4v) is 0.927. The van der Waals surface area contributed by atoms with Crippen LogP contribution in [0.4, 0.5) is 0 Å². The minimum absolute atomic E-state index is 0.294. The number of hydrogen-bond donors (Lipinski definition) is 2. The average molecular weight is 145 g/mol. The molecule has 0 saturated heterocycles. The van der Waals surface area contributed by atoms with Crippen LogP contribution < -0.4 is 11.1 Å². The number of hydrogen-bond acceptors (Lipinski definition) is 3. The molecule has 0 fully saturated rings. The second-order valence-electron chi connectivity index (χ2n) is 1.83. The number of nitrogens with one attached hydrogen (secondary N) is 1. The Labute approximate surface area is 55.1 Å². The average Bonchev–Trinajstić information content (AvgIpc) is 2.14. The van der Waals surface area contributed by atoms with Crippen molar-refractivity contribution in [2.45, 2.75) is 6.04 Å². The summed E-state index contributed by atoms with van der Waals surface area (Å²) in [6, 6.07) is -0.294. The maximum Gasteiger partial charge on any atom is 0.241 e. The van der Waals surface area contributed by atoms with Gasteiger partial charge in [-0.05, 0) is 0 Å². The van der Waals surface area contributed by atoms with Crippen molar-refractivity contribution < 1.29 is 4.79 Å². The summed E-state index contributed by atoms with van der Waals surface area (Å²) in [5.74, 6) is -0.351. The van der Waals surface area contributed by atoms with E-state index in [0.29, 0.717) is 12.1 Å². The molecule has 0 aromatic carbocycles. The van der Waals surface area contributed by atoms with E-state index in [1.165, 1.54) is 0 Å². The zero-order valence-electron chi connectivity index (χ0n) is 4.79. The molecule has 0 radical (unpaired) electrons. The second kappa shape index (κ2) is 2.31. The number of rotatable bonds is 1. The third-order valence-corrected chi connectivity index (χ3v) is 1.46. The number of aliphatic imine (C=N–C) groups is 1. The Bertz CT molecular complexity index is 167. The summed E-state index contributed by atoms with van der Waals surface area (Å²) in [7, 11) is 2.37. The number of primary amides is 1. The van der Waals surface area contributed by atoms with Gasteiger partial charge in [-0.2, -0.15) is 0 Å². The Kier molecular flexibility index (Phi) is 1.67. The van der Waals surface area contributed by atoms with E-state index in [1.807, 2.05) is 0 Å². The summed E-state index contributed by atoms with van der Waals surface area (Å²) < 4.78 is 0. The largest absolute Gasteiger partial charge is 0.368 e. The van der Waals surface area contributed by atoms with Gasteiger partial charge in [0, 0.05) is 0 Å². The first-order valence-electron chi connectivity index (χ1n) is 2.56. The van der Waals surface area contributed by atoms with Crippen molar-refractivity contribution in [3.8, 4) is 0 Å². The molecule has 0 aromatic rings. The van der Waals surface area contributed by atoms with Crippen LogP contribution in [0.25, 0.3) is 0 Å². The molecule has 0 saturated carbocycles. The summed E-state index contributed by atoms with van der Waals surface area (Å²) in [6.45, 7) is 0.466. The Morgan fingerprint density at radius 1 is 2.00 bits per heavy atom. The van der Waals surface area contributed by atoms with Gasteiger partial charge in [-0.15, -0.1) is 0 Å². The maximum absolute atomic E-state index is 10.4. The van der Waals surface area contributed by atoms with Gasteiger partial charge in [0.1, 0.15) is 11.6 Å². The standard InChI is InChI=1S/C4H8N3OP/c5-3(8)2-1-6-4(9)7-2/h2H,1,9H2,(H2,5,8)(H,6,7). The highest BCUT2D eigenvalue weighted by molar-refractivity contribution is 7.40. The van der Waals surface area contributed by atoms with E-state index in [-0.39, 0.29) is 11.9 Å². The molecule has 0 bridgehead atoms. The van der Waals surface area contributed by atoms with Gasteiger partial charge in [-0.1, -0.05) is 9.24 Å². The van der Waals surface area contributed by atoms with Gasteiger partial charge >= 0.3 is 0 Å². The molecule has 1 rings (SSSR count). The number of nitrogens with two attached hydrogens (primary N) is 1. The van der Waals surface area contributed by atoms with Crippen LogP contribution in [-0.2, 0) is 4.79 Å². The molecule has 1 aliphatic rings. The van der Waals surface area contributed by atoms with E-state index >= 15 is 0 Å². The van der Waals surface area contributed by atoms with Crippen molar-refractivity contribution in [3.05, 3.63) is 0 Å². The first-order valence-corrected chi connectivity index (χ1v) is 3.13. The lowest BCUT2D eigenvalue weighted by molar-refractivity contribution is -0.119. The van der Waals surface area contributed by atoms with Crippen LogP contribution in [0.2, 0.25) is 0 Å². The first-order chi connectivity index (χ1) is 4.20. The molecule has 2 atom stereocenters. The van der Waals surface area contributed by atoms with E-state index < -0.39 is 0 Å². The number of amides is 1. The van der Waals surface area contributed by atoms with E-state index in [9.17, 15) is 4.79 Å². The van der Waals surface area contributed by atoms with E-state index in [4.69, 9.17) is 5.73 Å². The number of carbonyl (C=O) groups excluding carboxylic acids is 1. The predicted molar refractivity (Wildman–Crippen MR) is 38.1 cm³/mol. The third kappa shape index (κ3) is 1.39. The first kappa shape index (κ1) is 6.49. The van der Waals surface area contributed by atoms with Crippen molar-refractivity contribution >= 4 is 20.7 Å². The van der Waals surface area contributed by atoms with Crippen LogP contribution in [0.3, 0.4) is 0 Å².